The predicted molar refractivity (Wildman–Crippen MR) is 106 cm³/mol. The zero-order valence-electron chi connectivity index (χ0n) is 15.4. The number of para-hydroxylation sites is 2. The van der Waals surface area contributed by atoms with Gasteiger partial charge in [0.15, 0.2) is 0 Å². The van der Waals surface area contributed by atoms with E-state index in [0.29, 0.717) is 11.3 Å². The van der Waals surface area contributed by atoms with Crippen molar-refractivity contribution in [1.29, 1.82) is 0 Å². The first-order chi connectivity index (χ1) is 12.9. The molecule has 0 unspecified atom stereocenters. The van der Waals surface area contributed by atoms with Gasteiger partial charge in [-0.25, -0.2) is 8.42 Å². The lowest BCUT2D eigenvalue weighted by molar-refractivity contribution is 0.348. The van der Waals surface area contributed by atoms with E-state index >= 15 is 0 Å². The predicted octanol–water partition coefficient (Wildman–Crippen LogP) is 4.67. The van der Waals surface area contributed by atoms with Crippen LogP contribution in [-0.4, -0.2) is 24.8 Å². The zero-order valence-corrected chi connectivity index (χ0v) is 16.2. The molecule has 0 fully saturated rings. The molecule has 5 nitrogen and oxygen atoms in total. The van der Waals surface area contributed by atoms with Gasteiger partial charge in [-0.05, 0) is 43.7 Å². The summed E-state index contributed by atoms with van der Waals surface area (Å²) in [5.74, 6) is 0.603. The highest BCUT2D eigenvalue weighted by molar-refractivity contribution is 7.89. The van der Waals surface area contributed by atoms with E-state index in [9.17, 15) is 8.42 Å². The normalized spacial score (nSPS) is 13.5. The SMILES string of the molecule is Cc1cnc2c(S(=O)(=O)N(C)[C@H](C)c3cc4ccccc4o3)cccc2c1. The molecule has 2 aromatic heterocycles. The van der Waals surface area contributed by atoms with Crippen molar-refractivity contribution in [1.82, 2.24) is 9.29 Å². The molecule has 138 valence electrons. The number of fused-ring (bicyclic) bond motifs is 2. The molecule has 0 radical (unpaired) electrons. The van der Waals surface area contributed by atoms with Crippen molar-refractivity contribution in [2.75, 3.05) is 7.05 Å². The Hall–Kier alpha value is -2.70. The van der Waals surface area contributed by atoms with E-state index < -0.39 is 16.1 Å². The third-order valence-electron chi connectivity index (χ3n) is 4.87. The third kappa shape index (κ3) is 3.01. The molecule has 0 aliphatic carbocycles. The van der Waals surface area contributed by atoms with E-state index in [4.69, 9.17) is 4.42 Å². The first-order valence-electron chi connectivity index (χ1n) is 8.70. The average molecular weight is 380 g/mol. The third-order valence-corrected chi connectivity index (χ3v) is 6.83. The summed E-state index contributed by atoms with van der Waals surface area (Å²) >= 11 is 0. The van der Waals surface area contributed by atoms with E-state index in [1.807, 2.05) is 56.3 Å². The number of nitrogens with zero attached hydrogens (tertiary/aromatic N) is 2. The van der Waals surface area contributed by atoms with E-state index in [2.05, 4.69) is 4.98 Å². The number of rotatable bonds is 4. The molecule has 0 saturated carbocycles. The van der Waals surface area contributed by atoms with Crippen LogP contribution in [0.3, 0.4) is 0 Å². The fraction of sp³-hybridized carbons (Fsp3) is 0.190. The Morgan fingerprint density at radius 2 is 1.78 bits per heavy atom. The van der Waals surface area contributed by atoms with Gasteiger partial charge in [0.2, 0.25) is 10.0 Å². The van der Waals surface area contributed by atoms with Gasteiger partial charge in [0.25, 0.3) is 0 Å². The molecule has 0 bridgehead atoms. The molecule has 0 aliphatic rings. The van der Waals surface area contributed by atoms with Crippen LogP contribution in [0.2, 0.25) is 0 Å². The Morgan fingerprint density at radius 3 is 2.56 bits per heavy atom. The molecular formula is C21H20N2O3S. The Balaban J connectivity index is 1.77. The van der Waals surface area contributed by atoms with E-state index in [1.165, 1.54) is 4.31 Å². The molecule has 0 saturated heterocycles. The summed E-state index contributed by atoms with van der Waals surface area (Å²) in [6.45, 7) is 3.75. The Bertz CT molecular complexity index is 1210. The molecule has 2 aromatic carbocycles. The maximum absolute atomic E-state index is 13.3. The molecule has 4 aromatic rings. The number of hydrogen-bond acceptors (Lipinski definition) is 4. The first-order valence-corrected chi connectivity index (χ1v) is 10.1. The van der Waals surface area contributed by atoms with Gasteiger partial charge in [-0.3, -0.25) is 4.98 Å². The Kier molecular flexibility index (Phi) is 4.25. The van der Waals surface area contributed by atoms with Crippen molar-refractivity contribution >= 4 is 31.9 Å². The van der Waals surface area contributed by atoms with Gasteiger partial charge in [-0.15, -0.1) is 0 Å². The number of aromatic nitrogens is 1. The summed E-state index contributed by atoms with van der Waals surface area (Å²) < 4.78 is 33.8. The average Bonchev–Trinajstić information content (AvgIpc) is 3.10. The minimum Gasteiger partial charge on any atom is -0.459 e. The van der Waals surface area contributed by atoms with Crippen molar-refractivity contribution in [3.63, 3.8) is 0 Å². The van der Waals surface area contributed by atoms with Crippen LogP contribution < -0.4 is 0 Å². The second-order valence-corrected chi connectivity index (χ2v) is 8.69. The summed E-state index contributed by atoms with van der Waals surface area (Å²) in [6.07, 6.45) is 1.68. The molecular weight excluding hydrogens is 360 g/mol. The lowest BCUT2D eigenvalue weighted by atomic mass is 10.2. The molecule has 27 heavy (non-hydrogen) atoms. The van der Waals surface area contributed by atoms with Gasteiger partial charge in [-0.1, -0.05) is 30.3 Å². The van der Waals surface area contributed by atoms with E-state index in [1.54, 1.807) is 25.4 Å². The molecule has 0 amide bonds. The van der Waals surface area contributed by atoms with Gasteiger partial charge in [0, 0.05) is 24.0 Å². The quantitative estimate of drug-likeness (QED) is 0.516. The molecule has 6 heteroatoms. The van der Waals surface area contributed by atoms with Gasteiger partial charge in [0.1, 0.15) is 16.2 Å². The highest BCUT2D eigenvalue weighted by Crippen LogP contribution is 2.32. The Morgan fingerprint density at radius 1 is 1.04 bits per heavy atom. The summed E-state index contributed by atoms with van der Waals surface area (Å²) in [6, 6.07) is 16.2. The molecule has 2 heterocycles. The van der Waals surface area contributed by atoms with Crippen LogP contribution in [0.5, 0.6) is 0 Å². The topological polar surface area (TPSA) is 63.4 Å². The minimum absolute atomic E-state index is 0.200. The zero-order chi connectivity index (χ0) is 19.2. The van der Waals surface area contributed by atoms with Crippen molar-refractivity contribution in [2.24, 2.45) is 0 Å². The highest BCUT2D eigenvalue weighted by atomic mass is 32.2. The second-order valence-electron chi connectivity index (χ2n) is 6.72. The smallest absolute Gasteiger partial charge is 0.245 e. The summed E-state index contributed by atoms with van der Waals surface area (Å²) in [5, 5.41) is 1.76. The number of sulfonamides is 1. The monoisotopic (exact) mass is 380 g/mol. The van der Waals surface area contributed by atoms with Gasteiger partial charge in [-0.2, -0.15) is 4.31 Å². The van der Waals surface area contributed by atoms with Crippen molar-refractivity contribution in [2.45, 2.75) is 24.8 Å². The number of aryl methyl sites for hydroxylation is 1. The molecule has 0 aliphatic heterocycles. The maximum Gasteiger partial charge on any atom is 0.245 e. The number of hydrogen-bond donors (Lipinski definition) is 0. The van der Waals surface area contributed by atoms with Gasteiger partial charge < -0.3 is 4.42 Å². The van der Waals surface area contributed by atoms with Crippen LogP contribution in [-0.2, 0) is 10.0 Å². The van der Waals surface area contributed by atoms with E-state index in [0.717, 1.165) is 21.9 Å². The lowest BCUT2D eigenvalue weighted by Gasteiger charge is -2.23. The van der Waals surface area contributed by atoms with Crippen molar-refractivity contribution < 1.29 is 12.8 Å². The van der Waals surface area contributed by atoms with Gasteiger partial charge in [0.05, 0.1) is 11.6 Å². The van der Waals surface area contributed by atoms with Crippen LogP contribution >= 0.6 is 0 Å². The first kappa shape index (κ1) is 17.7. The van der Waals surface area contributed by atoms with Gasteiger partial charge >= 0.3 is 0 Å². The largest absolute Gasteiger partial charge is 0.459 e. The van der Waals surface area contributed by atoms with Crippen LogP contribution in [0.4, 0.5) is 0 Å². The standard InChI is InChI=1S/C21H20N2O3S/c1-14-11-17-8-6-10-20(21(17)22-13-14)27(24,25)23(3)15(2)19-12-16-7-4-5-9-18(16)26-19/h4-13,15H,1-3H3/t15-/m1/s1. The highest BCUT2D eigenvalue weighted by Gasteiger charge is 2.30. The maximum atomic E-state index is 13.3. The fourth-order valence-electron chi connectivity index (χ4n) is 3.20. The molecule has 0 spiro atoms. The van der Waals surface area contributed by atoms with Crippen LogP contribution in [0.25, 0.3) is 21.9 Å². The summed E-state index contributed by atoms with van der Waals surface area (Å²) in [7, 11) is -2.18. The van der Waals surface area contributed by atoms with Crippen LogP contribution in [0.1, 0.15) is 24.3 Å². The fourth-order valence-corrected chi connectivity index (χ4v) is 4.70. The van der Waals surface area contributed by atoms with Crippen LogP contribution in [0, 0.1) is 6.92 Å². The molecule has 1 atom stereocenters. The Labute approximate surface area is 158 Å². The number of pyridine rings is 1. The van der Waals surface area contributed by atoms with Crippen molar-refractivity contribution in [3.8, 4) is 0 Å². The molecule has 0 N–H and O–H groups in total. The number of benzene rings is 2. The van der Waals surface area contributed by atoms with Crippen molar-refractivity contribution in [3.05, 3.63) is 72.1 Å². The summed E-state index contributed by atoms with van der Waals surface area (Å²) in [4.78, 5) is 4.57. The number of furan rings is 1. The summed E-state index contributed by atoms with van der Waals surface area (Å²) in [5.41, 5.74) is 2.21. The lowest BCUT2D eigenvalue weighted by Crippen LogP contribution is -2.29. The minimum atomic E-state index is -3.75. The van der Waals surface area contributed by atoms with E-state index in [-0.39, 0.29) is 4.90 Å². The molecule has 4 rings (SSSR count). The second kappa shape index (κ2) is 6.48. The van der Waals surface area contributed by atoms with Crippen LogP contribution in [0.15, 0.2) is 70.1 Å².